The van der Waals surface area contributed by atoms with Crippen LogP contribution in [0, 0.1) is 4.78 Å². The molecule has 64 valence electrons. The quantitative estimate of drug-likeness (QED) is 0.416. The van der Waals surface area contributed by atoms with Crippen LogP contribution in [0.4, 0.5) is 0 Å². The van der Waals surface area contributed by atoms with Gasteiger partial charge in [0.2, 0.25) is 0 Å². The molecule has 2 aliphatic heterocycles. The van der Waals surface area contributed by atoms with Gasteiger partial charge in [-0.15, -0.1) is 0 Å². The second-order valence-corrected chi connectivity index (χ2v) is 6.36. The fourth-order valence-corrected chi connectivity index (χ4v) is 3.50. The minimum atomic E-state index is -2.15. The number of rotatable bonds is 0. The molecule has 3 nitrogen and oxygen atoms in total. The molecule has 0 aromatic heterocycles. The van der Waals surface area contributed by atoms with Gasteiger partial charge in [0.1, 0.15) is 12.6 Å². The summed E-state index contributed by atoms with van der Waals surface area (Å²) >= 11 is 0. The maximum Gasteiger partial charge on any atom is 0.136 e. The van der Waals surface area contributed by atoms with Crippen molar-refractivity contribution in [2.24, 2.45) is 0 Å². The van der Waals surface area contributed by atoms with Gasteiger partial charge in [0.05, 0.1) is 34.3 Å². The highest BCUT2D eigenvalue weighted by Crippen LogP contribution is 2.32. The predicted molar refractivity (Wildman–Crippen MR) is 44.9 cm³/mol. The van der Waals surface area contributed by atoms with Crippen LogP contribution in [0.2, 0.25) is 0 Å². The maximum absolute atomic E-state index is 11.3. The summed E-state index contributed by atoms with van der Waals surface area (Å²) in [6.07, 6.45) is 0. The molecule has 0 aromatic carbocycles. The minimum Gasteiger partial charge on any atom is -0.310 e. The van der Waals surface area contributed by atoms with Crippen LogP contribution >= 0.6 is 0 Å². The van der Waals surface area contributed by atoms with Crippen molar-refractivity contribution in [3.63, 3.8) is 0 Å². The lowest BCUT2D eigenvalue weighted by Gasteiger charge is -2.25. The Morgan fingerprint density at radius 1 is 1.45 bits per heavy atom. The van der Waals surface area contributed by atoms with E-state index < -0.39 is 9.73 Å². The molecule has 0 saturated carbocycles. The summed E-state index contributed by atoms with van der Waals surface area (Å²) in [4.78, 5) is 0. The highest BCUT2D eigenvalue weighted by Gasteiger charge is 2.53. The van der Waals surface area contributed by atoms with Gasteiger partial charge in [-0.1, -0.05) is 0 Å². The van der Waals surface area contributed by atoms with Crippen molar-refractivity contribution in [3.05, 3.63) is 0 Å². The second kappa shape index (κ2) is 1.98. The van der Waals surface area contributed by atoms with E-state index >= 15 is 0 Å². The standard InChI is InChI=1S/C7H15N2OS/c1-7-6-9(7)2-4-11(8,10)5-3-9/h7-8H,2-6H2,1H3/q+1/t7-,9?,11?/m0/s1. The molecular formula is C7H15N2OS+. The van der Waals surface area contributed by atoms with E-state index in [9.17, 15) is 4.21 Å². The van der Waals surface area contributed by atoms with Gasteiger partial charge in [0.25, 0.3) is 0 Å². The van der Waals surface area contributed by atoms with Crippen molar-refractivity contribution in [2.45, 2.75) is 13.0 Å². The number of nitrogens with one attached hydrogen (secondary N) is 1. The SMILES string of the molecule is C[C@H]1C[N+]12CCS(=N)(=O)CC2. The van der Waals surface area contributed by atoms with Crippen molar-refractivity contribution in [3.8, 4) is 0 Å². The van der Waals surface area contributed by atoms with Gasteiger partial charge in [0.15, 0.2) is 0 Å². The molecule has 2 saturated heterocycles. The van der Waals surface area contributed by atoms with E-state index in [2.05, 4.69) is 6.92 Å². The zero-order valence-electron chi connectivity index (χ0n) is 6.88. The van der Waals surface area contributed by atoms with Crippen LogP contribution in [0.25, 0.3) is 0 Å². The molecule has 1 spiro atoms. The molecule has 1 atom stereocenters. The monoisotopic (exact) mass is 175 g/mol. The van der Waals surface area contributed by atoms with Crippen LogP contribution in [0.15, 0.2) is 0 Å². The van der Waals surface area contributed by atoms with Gasteiger partial charge in [-0.05, 0) is 6.92 Å². The number of quaternary nitrogens is 1. The van der Waals surface area contributed by atoms with Gasteiger partial charge < -0.3 is 4.48 Å². The van der Waals surface area contributed by atoms with Crippen LogP contribution in [-0.4, -0.2) is 45.9 Å². The topological polar surface area (TPSA) is 40.9 Å². The molecule has 0 unspecified atom stereocenters. The molecule has 0 amide bonds. The van der Waals surface area contributed by atoms with Crippen LogP contribution in [-0.2, 0) is 9.73 Å². The Hall–Kier alpha value is -0.0900. The van der Waals surface area contributed by atoms with E-state index in [0.717, 1.165) is 23.6 Å². The van der Waals surface area contributed by atoms with Crippen molar-refractivity contribution in [2.75, 3.05) is 31.1 Å². The summed E-state index contributed by atoms with van der Waals surface area (Å²) < 4.78 is 19.9. The van der Waals surface area contributed by atoms with E-state index in [4.69, 9.17) is 4.78 Å². The average molecular weight is 175 g/mol. The first-order valence-corrected chi connectivity index (χ1v) is 6.04. The lowest BCUT2D eigenvalue weighted by Crippen LogP contribution is -2.43. The molecule has 0 bridgehead atoms. The zero-order chi connectivity index (χ0) is 8.11. The third-order valence-corrected chi connectivity index (χ3v) is 4.85. The maximum atomic E-state index is 11.3. The average Bonchev–Trinajstić information content (AvgIpc) is 2.54. The Bertz CT molecular complexity index is 256. The molecule has 0 aliphatic carbocycles. The van der Waals surface area contributed by atoms with E-state index in [1.807, 2.05) is 0 Å². The minimum absolute atomic E-state index is 0.636. The first-order chi connectivity index (χ1) is 5.04. The fourth-order valence-electron chi connectivity index (χ4n) is 1.97. The highest BCUT2D eigenvalue weighted by molar-refractivity contribution is 7.92. The number of nitrogens with zero attached hydrogens (tertiary/aromatic N) is 1. The lowest BCUT2D eigenvalue weighted by molar-refractivity contribution is -0.808. The Labute approximate surface area is 68.0 Å². The second-order valence-electron chi connectivity index (χ2n) is 3.92. The summed E-state index contributed by atoms with van der Waals surface area (Å²) in [5, 5.41) is 0. The highest BCUT2D eigenvalue weighted by atomic mass is 32.2. The summed E-state index contributed by atoms with van der Waals surface area (Å²) in [7, 11) is -2.15. The molecule has 0 radical (unpaired) electrons. The molecule has 2 heterocycles. The summed E-state index contributed by atoms with van der Waals surface area (Å²) in [6.45, 7) is 5.49. The number of hydrogen-bond donors (Lipinski definition) is 1. The summed E-state index contributed by atoms with van der Waals surface area (Å²) in [5.41, 5.74) is 0. The van der Waals surface area contributed by atoms with E-state index in [0.29, 0.717) is 11.5 Å². The summed E-state index contributed by atoms with van der Waals surface area (Å²) in [5.74, 6) is 1.27. The van der Waals surface area contributed by atoms with Crippen molar-refractivity contribution < 1.29 is 8.69 Å². The van der Waals surface area contributed by atoms with Gasteiger partial charge in [-0.2, -0.15) is 0 Å². The van der Waals surface area contributed by atoms with E-state index in [1.165, 1.54) is 6.54 Å². The first-order valence-electron chi connectivity index (χ1n) is 4.14. The Kier molecular flexibility index (Phi) is 1.36. The van der Waals surface area contributed by atoms with E-state index in [-0.39, 0.29) is 0 Å². The Morgan fingerprint density at radius 3 is 2.27 bits per heavy atom. The van der Waals surface area contributed by atoms with Crippen molar-refractivity contribution in [1.29, 1.82) is 4.78 Å². The van der Waals surface area contributed by atoms with E-state index in [1.54, 1.807) is 0 Å². The molecule has 11 heavy (non-hydrogen) atoms. The first kappa shape index (κ1) is 7.55. The van der Waals surface area contributed by atoms with Crippen molar-refractivity contribution in [1.82, 2.24) is 0 Å². The largest absolute Gasteiger partial charge is 0.310 e. The molecule has 4 heteroatoms. The van der Waals surface area contributed by atoms with Crippen LogP contribution in [0.5, 0.6) is 0 Å². The van der Waals surface area contributed by atoms with Gasteiger partial charge >= 0.3 is 0 Å². The van der Waals surface area contributed by atoms with Gasteiger partial charge in [0, 0.05) is 0 Å². The van der Waals surface area contributed by atoms with Crippen LogP contribution in [0.3, 0.4) is 0 Å². The normalized spacial score (nSPS) is 56.3. The molecule has 0 aromatic rings. The van der Waals surface area contributed by atoms with Crippen molar-refractivity contribution >= 4 is 9.73 Å². The van der Waals surface area contributed by atoms with Gasteiger partial charge in [-0.25, -0.2) is 4.21 Å². The fraction of sp³-hybridized carbons (Fsp3) is 1.00. The summed E-state index contributed by atoms with van der Waals surface area (Å²) in [6, 6.07) is 0.783. The third-order valence-electron chi connectivity index (χ3n) is 3.16. The molecular weight excluding hydrogens is 160 g/mol. The number of hydrogen-bond acceptors (Lipinski definition) is 2. The Balaban J connectivity index is 2.07. The Morgan fingerprint density at radius 2 is 1.91 bits per heavy atom. The smallest absolute Gasteiger partial charge is 0.136 e. The molecule has 1 N–H and O–H groups in total. The molecule has 2 aliphatic rings. The van der Waals surface area contributed by atoms with Crippen LogP contribution < -0.4 is 0 Å². The van der Waals surface area contributed by atoms with Crippen LogP contribution in [0.1, 0.15) is 6.92 Å². The molecule has 2 rings (SSSR count). The predicted octanol–water partition coefficient (Wildman–Crippen LogP) is 0.266. The molecule has 2 fully saturated rings. The van der Waals surface area contributed by atoms with Gasteiger partial charge in [-0.3, -0.25) is 4.78 Å². The third kappa shape index (κ3) is 1.18. The lowest BCUT2D eigenvalue weighted by atomic mass is 10.5. The zero-order valence-corrected chi connectivity index (χ0v) is 7.69.